The summed E-state index contributed by atoms with van der Waals surface area (Å²) in [6, 6.07) is 101. The van der Waals surface area contributed by atoms with Crippen LogP contribution in [0.1, 0.15) is 0 Å². The van der Waals surface area contributed by atoms with Crippen LogP contribution < -0.4 is 0 Å². The smallest absolute Gasteiger partial charge is 0.235 e. The predicted octanol–water partition coefficient (Wildman–Crippen LogP) is 21.4. The topological polar surface area (TPSA) is 74.6 Å². The Kier molecular flexibility index (Phi) is 11.3. The summed E-state index contributed by atoms with van der Waals surface area (Å²) in [5, 5.41) is 8.92. The van der Waals surface area contributed by atoms with E-state index in [0.717, 1.165) is 122 Å². The molecular weight excluding hydrogens is 1090 g/mol. The standard InChI is InChI=1S/C80H48N6OS/c1-3-19-49(20-4-1)54-23-7-8-24-55(54)51-35-37-52(38-36-51)66-45-46-81-79(82-66)85-69-32-16-13-30-63(69)75-71(85)42-40-61-65-47-53(39-44-73(65)87-77(61)75)67-48-68(59-28-12-11-27-58(59)57-26-10-9-25-56(57)50-21-5-2-6-22-50)84-80(83-67)86-70-33-17-14-31-64(70)76-72(86)43-41-62-60-29-15-18-34-74(60)88-78(62)76/h1-48H. The van der Waals surface area contributed by atoms with Gasteiger partial charge in [-0.3, -0.25) is 9.13 Å². The van der Waals surface area contributed by atoms with Crippen molar-refractivity contribution in [1.82, 2.24) is 29.1 Å². The van der Waals surface area contributed by atoms with E-state index in [1.165, 1.54) is 42.2 Å². The van der Waals surface area contributed by atoms with E-state index >= 15 is 0 Å². The van der Waals surface area contributed by atoms with Crippen molar-refractivity contribution >= 4 is 97.1 Å². The molecule has 0 unspecified atom stereocenters. The molecular formula is C80H48N6OS. The van der Waals surface area contributed by atoms with Crippen molar-refractivity contribution in [3.05, 3.63) is 291 Å². The van der Waals surface area contributed by atoms with Crippen LogP contribution in [0.4, 0.5) is 0 Å². The number of hydrogen-bond acceptors (Lipinski definition) is 6. The minimum absolute atomic E-state index is 0.580. The van der Waals surface area contributed by atoms with Gasteiger partial charge in [0.2, 0.25) is 11.9 Å². The number of nitrogens with zero attached hydrogens (tertiary/aromatic N) is 6. The highest BCUT2D eigenvalue weighted by molar-refractivity contribution is 7.26. The molecule has 8 heteroatoms. The fourth-order valence-corrected chi connectivity index (χ4v) is 14.8. The van der Waals surface area contributed by atoms with Gasteiger partial charge in [-0.15, -0.1) is 11.3 Å². The second-order valence-electron chi connectivity index (χ2n) is 22.4. The van der Waals surface area contributed by atoms with E-state index in [1.807, 2.05) is 23.6 Å². The fourth-order valence-electron chi connectivity index (χ4n) is 13.5. The van der Waals surface area contributed by atoms with Crippen LogP contribution in [0.25, 0.3) is 176 Å². The maximum atomic E-state index is 7.04. The Hall–Kier alpha value is -11.6. The van der Waals surface area contributed by atoms with Crippen molar-refractivity contribution in [2.24, 2.45) is 0 Å². The summed E-state index contributed by atoms with van der Waals surface area (Å²) >= 11 is 1.85. The molecule has 0 bridgehead atoms. The van der Waals surface area contributed by atoms with Gasteiger partial charge in [-0.2, -0.15) is 0 Å². The van der Waals surface area contributed by atoms with Gasteiger partial charge in [-0.1, -0.05) is 218 Å². The lowest BCUT2D eigenvalue weighted by Gasteiger charge is -2.16. The van der Waals surface area contributed by atoms with Crippen molar-refractivity contribution in [3.8, 4) is 90.2 Å². The van der Waals surface area contributed by atoms with E-state index in [2.05, 4.69) is 288 Å². The zero-order chi connectivity index (χ0) is 57.8. The Morgan fingerprint density at radius 3 is 1.50 bits per heavy atom. The first-order chi connectivity index (χ1) is 43.6. The minimum atomic E-state index is 0.580. The average Bonchev–Trinajstić information content (AvgIpc) is 1.96. The van der Waals surface area contributed by atoms with Gasteiger partial charge in [0.25, 0.3) is 0 Å². The minimum Gasteiger partial charge on any atom is -0.455 e. The predicted molar refractivity (Wildman–Crippen MR) is 365 cm³/mol. The number of benzene rings is 12. The molecule has 0 aliphatic heterocycles. The third-order valence-electron chi connectivity index (χ3n) is 17.5. The van der Waals surface area contributed by atoms with Crippen molar-refractivity contribution < 1.29 is 4.42 Å². The maximum absolute atomic E-state index is 7.04. The van der Waals surface area contributed by atoms with Crippen LogP contribution in [0.2, 0.25) is 0 Å². The maximum Gasteiger partial charge on any atom is 0.235 e. The largest absolute Gasteiger partial charge is 0.455 e. The first kappa shape index (κ1) is 49.8. The molecule has 0 N–H and O–H groups in total. The number of para-hydroxylation sites is 2. The summed E-state index contributed by atoms with van der Waals surface area (Å²) in [6.07, 6.45) is 1.86. The molecule has 7 nitrogen and oxygen atoms in total. The lowest BCUT2D eigenvalue weighted by Crippen LogP contribution is -2.04. The van der Waals surface area contributed by atoms with Crippen molar-refractivity contribution in [2.45, 2.75) is 0 Å². The van der Waals surface area contributed by atoms with Gasteiger partial charge in [0, 0.05) is 70.0 Å². The molecule has 0 radical (unpaired) electrons. The van der Waals surface area contributed by atoms with Gasteiger partial charge in [0.05, 0.1) is 44.5 Å². The Bertz CT molecular complexity index is 5820. The summed E-state index contributed by atoms with van der Waals surface area (Å²) < 4.78 is 14.0. The third kappa shape index (κ3) is 7.89. The molecule has 0 fully saturated rings. The molecule has 410 valence electrons. The lowest BCUT2D eigenvalue weighted by atomic mass is 9.90. The normalized spacial score (nSPS) is 11.9. The summed E-state index contributed by atoms with van der Waals surface area (Å²) in [4.78, 5) is 21.5. The molecule has 6 aromatic heterocycles. The Morgan fingerprint density at radius 2 is 0.795 bits per heavy atom. The van der Waals surface area contributed by atoms with E-state index in [1.54, 1.807) is 0 Å². The highest BCUT2D eigenvalue weighted by atomic mass is 32.1. The van der Waals surface area contributed by atoms with Gasteiger partial charge in [-0.25, -0.2) is 19.9 Å². The van der Waals surface area contributed by atoms with Crippen LogP contribution in [-0.4, -0.2) is 29.1 Å². The summed E-state index contributed by atoms with van der Waals surface area (Å²) in [5.41, 5.74) is 20.2. The van der Waals surface area contributed by atoms with Crippen LogP contribution in [0, 0.1) is 0 Å². The van der Waals surface area contributed by atoms with E-state index in [4.69, 9.17) is 24.4 Å². The van der Waals surface area contributed by atoms with Crippen molar-refractivity contribution in [2.75, 3.05) is 0 Å². The van der Waals surface area contributed by atoms with Gasteiger partial charge < -0.3 is 4.42 Å². The van der Waals surface area contributed by atoms with Crippen molar-refractivity contribution in [1.29, 1.82) is 0 Å². The first-order valence-corrected chi connectivity index (χ1v) is 30.4. The first-order valence-electron chi connectivity index (χ1n) is 29.6. The summed E-state index contributed by atoms with van der Waals surface area (Å²) in [6.45, 7) is 0. The van der Waals surface area contributed by atoms with E-state index in [-0.39, 0.29) is 0 Å². The van der Waals surface area contributed by atoms with Crippen LogP contribution >= 0.6 is 11.3 Å². The fraction of sp³-hybridized carbons (Fsp3) is 0. The number of hydrogen-bond donors (Lipinski definition) is 0. The quantitative estimate of drug-likeness (QED) is 0.144. The van der Waals surface area contributed by atoms with E-state index in [0.29, 0.717) is 11.9 Å². The number of thiophene rings is 1. The third-order valence-corrected chi connectivity index (χ3v) is 18.7. The SMILES string of the molecule is c1ccc(-c2ccccc2-c2ccc(-c3ccnc(-n4c5ccccc5c5c6oc7ccc(-c8cc(-c9ccccc9-c9ccccc9-c9ccccc9)nc(-n9c%10ccccc%10c%10c%11sc%12ccccc%12c%11ccc%109)n8)cc7c6ccc54)n3)cc2)cc1. The molecule has 6 heterocycles. The Morgan fingerprint density at radius 1 is 0.295 bits per heavy atom. The van der Waals surface area contributed by atoms with Crippen molar-refractivity contribution in [3.63, 3.8) is 0 Å². The van der Waals surface area contributed by atoms with Crippen LogP contribution in [0.15, 0.2) is 296 Å². The van der Waals surface area contributed by atoms with Gasteiger partial charge in [-0.05, 0) is 111 Å². The molecule has 0 atom stereocenters. The zero-order valence-electron chi connectivity index (χ0n) is 47.2. The molecule has 18 aromatic rings. The zero-order valence-corrected chi connectivity index (χ0v) is 48.0. The van der Waals surface area contributed by atoms with E-state index < -0.39 is 0 Å². The van der Waals surface area contributed by atoms with E-state index in [9.17, 15) is 0 Å². The number of furan rings is 1. The average molecular weight is 1140 g/mol. The van der Waals surface area contributed by atoms with Crippen LogP contribution in [-0.2, 0) is 0 Å². The summed E-state index contributed by atoms with van der Waals surface area (Å²) in [7, 11) is 0. The molecule has 18 rings (SSSR count). The van der Waals surface area contributed by atoms with Gasteiger partial charge >= 0.3 is 0 Å². The second kappa shape index (κ2) is 20.0. The number of aromatic nitrogens is 6. The number of fused-ring (bicyclic) bond motifs is 14. The molecule has 0 amide bonds. The summed E-state index contributed by atoms with van der Waals surface area (Å²) in [5.74, 6) is 1.17. The molecule has 0 aliphatic carbocycles. The van der Waals surface area contributed by atoms with Crippen LogP contribution in [0.3, 0.4) is 0 Å². The van der Waals surface area contributed by atoms with Gasteiger partial charge in [0.15, 0.2) is 0 Å². The molecule has 0 aliphatic rings. The lowest BCUT2D eigenvalue weighted by molar-refractivity contribution is 0.673. The number of rotatable bonds is 9. The Labute approximate surface area is 509 Å². The van der Waals surface area contributed by atoms with Gasteiger partial charge in [0.1, 0.15) is 11.2 Å². The molecule has 88 heavy (non-hydrogen) atoms. The molecule has 0 saturated heterocycles. The second-order valence-corrected chi connectivity index (χ2v) is 23.5. The van der Waals surface area contributed by atoms with Crippen LogP contribution in [0.5, 0.6) is 0 Å². The molecule has 12 aromatic carbocycles. The highest BCUT2D eigenvalue weighted by Gasteiger charge is 2.24. The Balaban J connectivity index is 0.793. The molecule has 0 spiro atoms. The highest BCUT2D eigenvalue weighted by Crippen LogP contribution is 2.46. The molecule has 0 saturated carbocycles. The monoisotopic (exact) mass is 1140 g/mol.